The van der Waals surface area contributed by atoms with Gasteiger partial charge in [-0.25, -0.2) is 9.50 Å². The number of nitrogens with zero attached hydrogens (tertiary/aromatic N) is 3. The molecule has 0 aliphatic rings. The molecule has 5 nitrogen and oxygen atoms in total. The monoisotopic (exact) mass is 296 g/mol. The zero-order chi connectivity index (χ0) is 14.1. The molecule has 3 aromatic heterocycles. The van der Waals surface area contributed by atoms with Crippen molar-refractivity contribution in [3.8, 4) is 11.3 Å². The quantitative estimate of drug-likeness (QED) is 0.624. The number of nitrogens with one attached hydrogen (secondary N) is 1. The molecule has 0 radical (unpaired) electrons. The van der Waals surface area contributed by atoms with E-state index in [9.17, 15) is 0 Å². The third-order valence-electron chi connectivity index (χ3n) is 3.15. The van der Waals surface area contributed by atoms with Gasteiger partial charge in [0.1, 0.15) is 5.76 Å². The van der Waals surface area contributed by atoms with Gasteiger partial charge in [-0.15, -0.1) is 5.10 Å². The van der Waals surface area contributed by atoms with Gasteiger partial charge in [0.25, 0.3) is 0 Å². The number of furan rings is 1. The van der Waals surface area contributed by atoms with Crippen LogP contribution >= 0.6 is 11.3 Å². The van der Waals surface area contributed by atoms with Crippen LogP contribution in [-0.4, -0.2) is 14.6 Å². The molecule has 0 saturated heterocycles. The normalized spacial score (nSPS) is 11.0. The first kappa shape index (κ1) is 12.2. The van der Waals surface area contributed by atoms with E-state index in [0.717, 1.165) is 27.1 Å². The maximum atomic E-state index is 5.30. The van der Waals surface area contributed by atoms with E-state index in [0.29, 0.717) is 6.54 Å². The first-order chi connectivity index (χ1) is 10.4. The highest BCUT2D eigenvalue weighted by molar-refractivity contribution is 7.20. The van der Waals surface area contributed by atoms with Crippen LogP contribution in [0.25, 0.3) is 16.2 Å². The number of rotatable bonds is 4. The Kier molecular flexibility index (Phi) is 2.93. The largest absolute Gasteiger partial charge is 0.467 e. The lowest BCUT2D eigenvalue weighted by Crippen LogP contribution is -1.98. The van der Waals surface area contributed by atoms with Crippen molar-refractivity contribution in [2.24, 2.45) is 0 Å². The molecule has 104 valence electrons. The van der Waals surface area contributed by atoms with E-state index < -0.39 is 0 Å². The highest BCUT2D eigenvalue weighted by Crippen LogP contribution is 2.26. The number of hydrogen-bond acceptors (Lipinski definition) is 5. The first-order valence-electron chi connectivity index (χ1n) is 6.56. The number of hydrogen-bond donors (Lipinski definition) is 1. The minimum Gasteiger partial charge on any atom is -0.467 e. The van der Waals surface area contributed by atoms with Crippen molar-refractivity contribution in [1.29, 1.82) is 0 Å². The van der Waals surface area contributed by atoms with Gasteiger partial charge in [-0.2, -0.15) is 0 Å². The summed E-state index contributed by atoms with van der Waals surface area (Å²) >= 11 is 1.52. The van der Waals surface area contributed by atoms with Crippen LogP contribution < -0.4 is 5.32 Å². The van der Waals surface area contributed by atoms with E-state index >= 15 is 0 Å². The van der Waals surface area contributed by atoms with Crippen LogP contribution in [0.5, 0.6) is 0 Å². The second-order valence-electron chi connectivity index (χ2n) is 4.54. The summed E-state index contributed by atoms with van der Waals surface area (Å²) in [6, 6.07) is 13.9. The van der Waals surface area contributed by atoms with E-state index in [4.69, 9.17) is 4.42 Å². The lowest BCUT2D eigenvalue weighted by molar-refractivity contribution is 0.518. The third kappa shape index (κ3) is 2.30. The van der Waals surface area contributed by atoms with Crippen LogP contribution in [0.2, 0.25) is 0 Å². The van der Waals surface area contributed by atoms with E-state index in [-0.39, 0.29) is 0 Å². The van der Waals surface area contributed by atoms with Crippen molar-refractivity contribution in [2.75, 3.05) is 5.32 Å². The second-order valence-corrected chi connectivity index (χ2v) is 5.50. The maximum Gasteiger partial charge on any atom is 0.214 e. The van der Waals surface area contributed by atoms with Crippen molar-refractivity contribution in [1.82, 2.24) is 14.6 Å². The summed E-state index contributed by atoms with van der Waals surface area (Å²) in [5.74, 6) is 0.881. The Hall–Kier alpha value is -2.60. The van der Waals surface area contributed by atoms with Crippen molar-refractivity contribution in [3.63, 3.8) is 0 Å². The number of fused-ring (bicyclic) bond motifs is 1. The fourth-order valence-corrected chi connectivity index (χ4v) is 2.92. The van der Waals surface area contributed by atoms with Crippen molar-refractivity contribution < 1.29 is 4.42 Å². The van der Waals surface area contributed by atoms with Crippen LogP contribution in [0.3, 0.4) is 0 Å². The molecule has 0 bridgehead atoms. The van der Waals surface area contributed by atoms with E-state index in [1.165, 1.54) is 11.3 Å². The van der Waals surface area contributed by atoms with Crippen LogP contribution in [0.1, 0.15) is 5.76 Å². The summed E-state index contributed by atoms with van der Waals surface area (Å²) in [5.41, 5.74) is 2.10. The first-order valence-corrected chi connectivity index (χ1v) is 7.38. The lowest BCUT2D eigenvalue weighted by atomic mass is 10.2. The Morgan fingerprint density at radius 1 is 1.14 bits per heavy atom. The zero-order valence-electron chi connectivity index (χ0n) is 11.1. The van der Waals surface area contributed by atoms with E-state index in [1.807, 2.05) is 41.0 Å². The van der Waals surface area contributed by atoms with Gasteiger partial charge in [-0.3, -0.25) is 0 Å². The minimum atomic E-state index is 0.615. The number of imidazole rings is 1. The molecule has 0 unspecified atom stereocenters. The molecule has 4 rings (SSSR count). The molecule has 0 amide bonds. The highest BCUT2D eigenvalue weighted by Gasteiger charge is 2.11. The zero-order valence-corrected chi connectivity index (χ0v) is 11.9. The Balaban J connectivity index is 1.63. The van der Waals surface area contributed by atoms with E-state index in [1.54, 1.807) is 6.26 Å². The summed E-state index contributed by atoms with van der Waals surface area (Å²) in [5, 5.41) is 8.65. The van der Waals surface area contributed by atoms with Crippen molar-refractivity contribution >= 4 is 21.4 Å². The molecule has 21 heavy (non-hydrogen) atoms. The molecular formula is C15H12N4OS. The van der Waals surface area contributed by atoms with Gasteiger partial charge in [0.05, 0.1) is 24.7 Å². The summed E-state index contributed by atoms with van der Waals surface area (Å²) in [4.78, 5) is 5.29. The molecule has 0 saturated carbocycles. The van der Waals surface area contributed by atoms with Crippen molar-refractivity contribution in [3.05, 3.63) is 60.7 Å². The van der Waals surface area contributed by atoms with Gasteiger partial charge in [0.2, 0.25) is 10.1 Å². The predicted molar refractivity (Wildman–Crippen MR) is 82.3 cm³/mol. The molecular weight excluding hydrogens is 284 g/mol. The molecule has 1 N–H and O–H groups in total. The number of benzene rings is 1. The average Bonchev–Trinajstić information content (AvgIpc) is 3.22. The smallest absolute Gasteiger partial charge is 0.214 e. The Morgan fingerprint density at radius 2 is 2.05 bits per heavy atom. The standard InChI is InChI=1S/C15H12N4OS/c1-2-5-11(6-3-1)13-10-17-15-19(13)18-14(21-15)16-9-12-7-4-8-20-12/h1-8,10H,9H2,(H,16,18). The van der Waals surface area contributed by atoms with E-state index in [2.05, 4.69) is 27.5 Å². The molecule has 0 aliphatic heterocycles. The van der Waals surface area contributed by atoms with Gasteiger partial charge in [-0.05, 0) is 12.1 Å². The summed E-state index contributed by atoms with van der Waals surface area (Å²) in [6.07, 6.45) is 3.52. The van der Waals surface area contributed by atoms with Crippen LogP contribution in [0.4, 0.5) is 5.13 Å². The molecule has 0 spiro atoms. The van der Waals surface area contributed by atoms with Crippen molar-refractivity contribution in [2.45, 2.75) is 6.54 Å². The van der Waals surface area contributed by atoms with Gasteiger partial charge in [0, 0.05) is 5.56 Å². The fourth-order valence-electron chi connectivity index (χ4n) is 2.15. The molecule has 3 heterocycles. The molecule has 6 heteroatoms. The minimum absolute atomic E-state index is 0.615. The molecule has 0 fully saturated rings. The Morgan fingerprint density at radius 3 is 2.86 bits per heavy atom. The van der Waals surface area contributed by atoms with Crippen LogP contribution in [0, 0.1) is 0 Å². The van der Waals surface area contributed by atoms with Crippen LogP contribution in [0.15, 0.2) is 59.3 Å². The Bertz CT molecular complexity index is 848. The summed E-state index contributed by atoms with van der Waals surface area (Å²) < 4.78 is 7.16. The average molecular weight is 296 g/mol. The lowest BCUT2D eigenvalue weighted by Gasteiger charge is -1.99. The molecule has 0 atom stereocenters. The van der Waals surface area contributed by atoms with Crippen LogP contribution in [-0.2, 0) is 6.54 Å². The SMILES string of the molecule is c1ccc(-c2cnc3sc(NCc4ccco4)nn23)cc1. The topological polar surface area (TPSA) is 55.4 Å². The van der Waals surface area contributed by atoms with Gasteiger partial charge >= 0.3 is 0 Å². The maximum absolute atomic E-state index is 5.30. The Labute approximate surface area is 124 Å². The van der Waals surface area contributed by atoms with Gasteiger partial charge in [0.15, 0.2) is 0 Å². The predicted octanol–water partition coefficient (Wildman–Crippen LogP) is 3.66. The third-order valence-corrected chi connectivity index (χ3v) is 4.03. The number of anilines is 1. The number of aromatic nitrogens is 3. The fraction of sp³-hybridized carbons (Fsp3) is 0.0667. The molecule has 0 aliphatic carbocycles. The van der Waals surface area contributed by atoms with Gasteiger partial charge in [-0.1, -0.05) is 41.7 Å². The highest BCUT2D eigenvalue weighted by atomic mass is 32.1. The molecule has 1 aromatic carbocycles. The molecule has 4 aromatic rings. The summed E-state index contributed by atoms with van der Waals surface area (Å²) in [6.45, 7) is 0.615. The second kappa shape index (κ2) is 5.06. The van der Waals surface area contributed by atoms with Gasteiger partial charge < -0.3 is 9.73 Å². The summed E-state index contributed by atoms with van der Waals surface area (Å²) in [7, 11) is 0.